The van der Waals surface area contributed by atoms with Crippen LogP contribution in [0.2, 0.25) is 0 Å². The quantitative estimate of drug-likeness (QED) is 0.845. The van der Waals surface area contributed by atoms with Crippen LogP contribution in [-0.4, -0.2) is 55.9 Å². The van der Waals surface area contributed by atoms with Gasteiger partial charge in [-0.1, -0.05) is 0 Å². The van der Waals surface area contributed by atoms with Crippen molar-refractivity contribution >= 4 is 0 Å². The molecule has 0 aliphatic carbocycles. The van der Waals surface area contributed by atoms with Crippen molar-refractivity contribution in [1.82, 2.24) is 15.1 Å². The molecular weight excluding hydrogens is 270 g/mol. The molecule has 1 aromatic rings. The molecule has 1 atom stereocenters. The van der Waals surface area contributed by atoms with E-state index in [4.69, 9.17) is 14.2 Å². The van der Waals surface area contributed by atoms with Crippen molar-refractivity contribution in [2.45, 2.75) is 38.0 Å². The topological polar surface area (TPSA) is 57.5 Å². The van der Waals surface area contributed by atoms with Crippen LogP contribution in [0.4, 0.5) is 0 Å². The summed E-state index contributed by atoms with van der Waals surface area (Å²) < 4.78 is 18.4. The van der Waals surface area contributed by atoms with Gasteiger partial charge in [0.1, 0.15) is 6.10 Å². The predicted octanol–water partition coefficient (Wildman–Crippen LogP) is 0.912. The number of fused-ring (bicyclic) bond motifs is 1. The summed E-state index contributed by atoms with van der Waals surface area (Å²) in [6.45, 7) is 4.82. The molecule has 3 heterocycles. The highest BCUT2D eigenvalue weighted by atomic mass is 16.5. The number of ether oxygens (including phenoxy) is 3. The summed E-state index contributed by atoms with van der Waals surface area (Å²) in [5, 5.41) is 8.29. The van der Waals surface area contributed by atoms with Crippen molar-refractivity contribution in [2.75, 3.05) is 40.1 Å². The van der Waals surface area contributed by atoms with Crippen molar-refractivity contribution in [3.63, 3.8) is 0 Å². The lowest BCUT2D eigenvalue weighted by molar-refractivity contribution is 0.0297. The number of methoxy groups -OCH3 is 1. The van der Waals surface area contributed by atoms with Gasteiger partial charge in [0.05, 0.1) is 25.5 Å². The van der Waals surface area contributed by atoms with Crippen molar-refractivity contribution < 1.29 is 14.2 Å². The molecule has 2 aliphatic heterocycles. The predicted molar refractivity (Wildman–Crippen MR) is 78.3 cm³/mol. The average molecular weight is 295 g/mol. The molecule has 0 radical (unpaired) electrons. The van der Waals surface area contributed by atoms with Crippen molar-refractivity contribution in [3.8, 4) is 0 Å². The van der Waals surface area contributed by atoms with Crippen molar-refractivity contribution in [2.24, 2.45) is 0 Å². The molecule has 0 amide bonds. The molecule has 1 N–H and O–H groups in total. The van der Waals surface area contributed by atoms with Crippen LogP contribution in [-0.2, 0) is 27.2 Å². The van der Waals surface area contributed by atoms with E-state index < -0.39 is 0 Å². The standard InChI is InChI=1S/C15H25N3O3/c1-19-9-5-18-11-12-2-8-21-14(15(12)17-18)10-16-13-3-6-20-7-4-13/h11,13-14,16H,2-10H2,1H3/t14-/m0/s1. The Kier molecular flexibility index (Phi) is 5.24. The molecule has 0 spiro atoms. The van der Waals surface area contributed by atoms with Crippen LogP contribution in [0, 0.1) is 0 Å². The Morgan fingerprint density at radius 1 is 1.38 bits per heavy atom. The van der Waals surface area contributed by atoms with Gasteiger partial charge in [-0.05, 0) is 24.8 Å². The van der Waals surface area contributed by atoms with Crippen LogP contribution in [0.5, 0.6) is 0 Å². The molecule has 6 heteroatoms. The summed E-state index contributed by atoms with van der Waals surface area (Å²) in [5.74, 6) is 0. The Morgan fingerprint density at radius 2 is 2.24 bits per heavy atom. The fourth-order valence-electron chi connectivity index (χ4n) is 2.96. The highest BCUT2D eigenvalue weighted by molar-refractivity contribution is 5.22. The Labute approximate surface area is 125 Å². The molecule has 1 aromatic heterocycles. The van der Waals surface area contributed by atoms with Gasteiger partial charge in [-0.25, -0.2) is 0 Å². The number of rotatable bonds is 6. The number of hydrogen-bond donors (Lipinski definition) is 1. The van der Waals surface area contributed by atoms with Crippen LogP contribution >= 0.6 is 0 Å². The first kappa shape index (κ1) is 15.0. The lowest BCUT2D eigenvalue weighted by atomic mass is 10.0. The summed E-state index contributed by atoms with van der Waals surface area (Å²) in [4.78, 5) is 0. The third-order valence-electron chi connectivity index (χ3n) is 4.20. The van der Waals surface area contributed by atoms with E-state index in [2.05, 4.69) is 16.6 Å². The van der Waals surface area contributed by atoms with Gasteiger partial charge in [0.15, 0.2) is 0 Å². The largest absolute Gasteiger partial charge is 0.383 e. The molecule has 0 saturated carbocycles. The molecular formula is C15H25N3O3. The number of nitrogens with zero attached hydrogens (tertiary/aromatic N) is 2. The fourth-order valence-corrected chi connectivity index (χ4v) is 2.96. The van der Waals surface area contributed by atoms with Gasteiger partial charge in [0, 0.05) is 39.1 Å². The summed E-state index contributed by atoms with van der Waals surface area (Å²) in [6, 6.07) is 0.545. The van der Waals surface area contributed by atoms with Gasteiger partial charge in [-0.3, -0.25) is 4.68 Å². The molecule has 2 aliphatic rings. The maximum absolute atomic E-state index is 5.91. The molecule has 0 bridgehead atoms. The summed E-state index contributed by atoms with van der Waals surface area (Å²) in [7, 11) is 1.72. The highest BCUT2D eigenvalue weighted by Crippen LogP contribution is 2.25. The zero-order valence-corrected chi connectivity index (χ0v) is 12.7. The van der Waals surface area contributed by atoms with E-state index in [0.29, 0.717) is 12.6 Å². The Morgan fingerprint density at radius 3 is 3.05 bits per heavy atom. The van der Waals surface area contributed by atoms with E-state index in [-0.39, 0.29) is 6.10 Å². The first-order chi connectivity index (χ1) is 10.4. The van der Waals surface area contributed by atoms with Crippen LogP contribution in [0.1, 0.15) is 30.2 Å². The van der Waals surface area contributed by atoms with Gasteiger partial charge >= 0.3 is 0 Å². The monoisotopic (exact) mass is 295 g/mol. The van der Waals surface area contributed by atoms with Gasteiger partial charge in [-0.15, -0.1) is 0 Å². The Balaban J connectivity index is 1.58. The van der Waals surface area contributed by atoms with Crippen LogP contribution < -0.4 is 5.32 Å². The summed E-state index contributed by atoms with van der Waals surface area (Å²) >= 11 is 0. The molecule has 1 fully saturated rings. The van der Waals surface area contributed by atoms with Gasteiger partial charge in [0.2, 0.25) is 0 Å². The number of aromatic nitrogens is 2. The molecule has 3 rings (SSSR count). The normalized spacial score (nSPS) is 23.2. The van der Waals surface area contributed by atoms with Crippen LogP contribution in [0.15, 0.2) is 6.20 Å². The zero-order valence-electron chi connectivity index (χ0n) is 12.7. The smallest absolute Gasteiger partial charge is 0.114 e. The minimum Gasteiger partial charge on any atom is -0.383 e. The second-order valence-corrected chi connectivity index (χ2v) is 5.70. The first-order valence-electron chi connectivity index (χ1n) is 7.84. The maximum atomic E-state index is 5.91. The Bertz CT molecular complexity index is 443. The number of nitrogens with one attached hydrogen (secondary N) is 1. The van der Waals surface area contributed by atoms with Crippen LogP contribution in [0.3, 0.4) is 0 Å². The van der Waals surface area contributed by atoms with Crippen LogP contribution in [0.25, 0.3) is 0 Å². The van der Waals surface area contributed by atoms with E-state index in [0.717, 1.165) is 57.9 Å². The lowest BCUT2D eigenvalue weighted by Crippen LogP contribution is -2.38. The van der Waals surface area contributed by atoms with E-state index in [1.54, 1.807) is 7.11 Å². The molecule has 118 valence electrons. The van der Waals surface area contributed by atoms with E-state index in [1.807, 2.05) is 4.68 Å². The van der Waals surface area contributed by atoms with Gasteiger partial charge in [0.25, 0.3) is 0 Å². The fraction of sp³-hybridized carbons (Fsp3) is 0.800. The molecule has 0 unspecified atom stereocenters. The molecule has 1 saturated heterocycles. The molecule has 6 nitrogen and oxygen atoms in total. The second kappa shape index (κ2) is 7.35. The third kappa shape index (κ3) is 3.83. The second-order valence-electron chi connectivity index (χ2n) is 5.70. The minimum atomic E-state index is 0.0698. The van der Waals surface area contributed by atoms with Gasteiger partial charge < -0.3 is 19.5 Å². The van der Waals surface area contributed by atoms with E-state index in [1.165, 1.54) is 5.56 Å². The highest BCUT2D eigenvalue weighted by Gasteiger charge is 2.25. The Hall–Kier alpha value is -0.950. The van der Waals surface area contributed by atoms with Gasteiger partial charge in [-0.2, -0.15) is 5.10 Å². The average Bonchev–Trinajstić information content (AvgIpc) is 2.95. The maximum Gasteiger partial charge on any atom is 0.114 e. The SMILES string of the molecule is COCCn1cc2c(n1)[C@H](CNC1CCOCC1)OCC2. The van der Waals surface area contributed by atoms with Crippen molar-refractivity contribution in [1.29, 1.82) is 0 Å². The summed E-state index contributed by atoms with van der Waals surface area (Å²) in [6.07, 6.45) is 5.33. The molecule has 21 heavy (non-hydrogen) atoms. The third-order valence-corrected chi connectivity index (χ3v) is 4.20. The summed E-state index contributed by atoms with van der Waals surface area (Å²) in [5.41, 5.74) is 2.41. The van der Waals surface area contributed by atoms with E-state index in [9.17, 15) is 0 Å². The lowest BCUT2D eigenvalue weighted by Gasteiger charge is -2.27. The first-order valence-corrected chi connectivity index (χ1v) is 7.84. The molecule has 0 aromatic carbocycles. The minimum absolute atomic E-state index is 0.0698. The van der Waals surface area contributed by atoms with Crippen molar-refractivity contribution in [3.05, 3.63) is 17.5 Å². The van der Waals surface area contributed by atoms with E-state index >= 15 is 0 Å². The number of hydrogen-bond acceptors (Lipinski definition) is 5. The zero-order chi connectivity index (χ0) is 14.5.